The molecule has 166 valence electrons. The highest BCUT2D eigenvalue weighted by atomic mass is 32.1. The molecule has 10 nitrogen and oxygen atoms in total. The minimum atomic E-state index is -0.553. The molecule has 1 aliphatic rings. The maximum absolute atomic E-state index is 13.0. The van der Waals surface area contributed by atoms with Gasteiger partial charge in [-0.25, -0.2) is 9.78 Å². The number of benzene rings is 1. The van der Waals surface area contributed by atoms with Gasteiger partial charge in [0.25, 0.3) is 11.5 Å². The lowest BCUT2D eigenvalue weighted by atomic mass is 10.1. The van der Waals surface area contributed by atoms with E-state index >= 15 is 0 Å². The van der Waals surface area contributed by atoms with E-state index in [9.17, 15) is 19.2 Å². The first-order valence-corrected chi connectivity index (χ1v) is 10.4. The Morgan fingerprint density at radius 3 is 2.88 bits per heavy atom. The molecule has 0 saturated carbocycles. The molecule has 1 aromatic carbocycles. The van der Waals surface area contributed by atoms with Crippen molar-refractivity contribution < 1.29 is 28.6 Å². The molecule has 1 amide bonds. The standard InChI is InChI=1S/C21H19N3O7S/c1-11-17-19(32-18(11)21(28)30-6-5-29-2)22-10-24(20(17)27)8-14(25)12-3-4-15-13(7-12)23-16(26)9-31-15/h3-4,7,10H,5-6,8-9H2,1-2H3,(H,23,26). The van der Waals surface area contributed by atoms with Crippen LogP contribution in [0.1, 0.15) is 25.6 Å². The Labute approximate surface area is 185 Å². The number of esters is 1. The van der Waals surface area contributed by atoms with Gasteiger partial charge in [-0.2, -0.15) is 0 Å². The first-order valence-electron chi connectivity index (χ1n) is 9.63. The number of carbonyl (C=O) groups is 3. The SMILES string of the molecule is COCCOC(=O)c1sc2ncn(CC(=O)c3ccc4c(c3)NC(=O)CO4)c(=O)c2c1C. The Bertz CT molecular complexity index is 1290. The van der Waals surface area contributed by atoms with Crippen molar-refractivity contribution in [3.8, 4) is 5.75 Å². The molecule has 3 aromatic rings. The van der Waals surface area contributed by atoms with Crippen LogP contribution < -0.4 is 15.6 Å². The first-order chi connectivity index (χ1) is 15.4. The number of ketones is 1. The number of carbonyl (C=O) groups excluding carboxylic acids is 3. The highest BCUT2D eigenvalue weighted by molar-refractivity contribution is 7.20. The van der Waals surface area contributed by atoms with Gasteiger partial charge in [0.2, 0.25) is 0 Å². The van der Waals surface area contributed by atoms with Crippen LogP contribution in [-0.2, 0) is 20.8 Å². The molecule has 4 rings (SSSR count). The number of anilines is 1. The van der Waals surface area contributed by atoms with E-state index in [-0.39, 0.29) is 48.3 Å². The molecule has 0 bridgehead atoms. The van der Waals surface area contributed by atoms with Gasteiger partial charge < -0.3 is 19.5 Å². The summed E-state index contributed by atoms with van der Waals surface area (Å²) < 4.78 is 16.5. The predicted octanol–water partition coefficient (Wildman–Crippen LogP) is 1.78. The normalized spacial score (nSPS) is 12.8. The van der Waals surface area contributed by atoms with Crippen LogP contribution in [0, 0.1) is 6.92 Å². The number of Topliss-reactive ketones (excluding diaryl/α,β-unsaturated/α-hetero) is 1. The van der Waals surface area contributed by atoms with Crippen LogP contribution in [-0.4, -0.2) is 54.1 Å². The van der Waals surface area contributed by atoms with Crippen LogP contribution in [0.4, 0.5) is 5.69 Å². The average Bonchev–Trinajstić information content (AvgIpc) is 3.12. The molecule has 2 aromatic heterocycles. The van der Waals surface area contributed by atoms with Crippen LogP contribution in [0.5, 0.6) is 5.75 Å². The van der Waals surface area contributed by atoms with Gasteiger partial charge >= 0.3 is 5.97 Å². The fourth-order valence-electron chi connectivity index (χ4n) is 3.25. The van der Waals surface area contributed by atoms with Gasteiger partial charge in [-0.1, -0.05) is 0 Å². The molecule has 3 heterocycles. The van der Waals surface area contributed by atoms with Gasteiger partial charge in [0.15, 0.2) is 12.4 Å². The number of amides is 1. The van der Waals surface area contributed by atoms with Crippen LogP contribution in [0.2, 0.25) is 0 Å². The molecule has 11 heteroatoms. The smallest absolute Gasteiger partial charge is 0.348 e. The Morgan fingerprint density at radius 2 is 2.09 bits per heavy atom. The quantitative estimate of drug-likeness (QED) is 0.323. The Morgan fingerprint density at radius 1 is 1.28 bits per heavy atom. The van der Waals surface area contributed by atoms with Gasteiger partial charge in [0.05, 0.1) is 30.6 Å². The summed E-state index contributed by atoms with van der Waals surface area (Å²) in [5.74, 6) is -0.733. The highest BCUT2D eigenvalue weighted by Gasteiger charge is 2.22. The summed E-state index contributed by atoms with van der Waals surface area (Å²) in [7, 11) is 1.50. The van der Waals surface area contributed by atoms with Crippen molar-refractivity contribution >= 4 is 44.9 Å². The minimum absolute atomic E-state index is 0.0801. The van der Waals surface area contributed by atoms with Crippen molar-refractivity contribution in [3.63, 3.8) is 0 Å². The molecule has 0 fully saturated rings. The van der Waals surface area contributed by atoms with Gasteiger partial charge in [-0.3, -0.25) is 19.0 Å². The lowest BCUT2D eigenvalue weighted by molar-refractivity contribution is -0.118. The fourth-order valence-corrected chi connectivity index (χ4v) is 4.29. The zero-order valence-electron chi connectivity index (χ0n) is 17.3. The maximum atomic E-state index is 13.0. The van der Waals surface area contributed by atoms with Gasteiger partial charge in [0.1, 0.15) is 22.1 Å². The number of fused-ring (bicyclic) bond motifs is 2. The van der Waals surface area contributed by atoms with Crippen molar-refractivity contribution in [1.29, 1.82) is 0 Å². The van der Waals surface area contributed by atoms with E-state index in [1.165, 1.54) is 24.1 Å². The lowest BCUT2D eigenvalue weighted by Crippen LogP contribution is -2.26. The number of rotatable bonds is 7. The molecular formula is C21H19N3O7S. The maximum Gasteiger partial charge on any atom is 0.348 e. The number of ether oxygens (including phenoxy) is 3. The molecule has 0 aliphatic carbocycles. The van der Waals surface area contributed by atoms with E-state index < -0.39 is 11.5 Å². The second-order valence-corrected chi connectivity index (χ2v) is 8.01. The number of aryl methyl sites for hydroxylation is 1. The zero-order chi connectivity index (χ0) is 22.8. The summed E-state index contributed by atoms with van der Waals surface area (Å²) in [6.07, 6.45) is 1.28. The molecule has 0 radical (unpaired) electrons. The predicted molar refractivity (Wildman–Crippen MR) is 116 cm³/mol. The first kappa shape index (κ1) is 21.7. The minimum Gasteiger partial charge on any atom is -0.482 e. The van der Waals surface area contributed by atoms with E-state index in [2.05, 4.69) is 10.3 Å². The van der Waals surface area contributed by atoms with Gasteiger partial charge in [-0.15, -0.1) is 11.3 Å². The van der Waals surface area contributed by atoms with E-state index in [0.717, 1.165) is 11.3 Å². The van der Waals surface area contributed by atoms with Crippen molar-refractivity contribution in [2.45, 2.75) is 13.5 Å². The number of methoxy groups -OCH3 is 1. The van der Waals surface area contributed by atoms with Crippen LogP contribution in [0.25, 0.3) is 10.2 Å². The van der Waals surface area contributed by atoms with Crippen molar-refractivity contribution in [1.82, 2.24) is 9.55 Å². The highest BCUT2D eigenvalue weighted by Crippen LogP contribution is 2.29. The van der Waals surface area contributed by atoms with Gasteiger partial charge in [-0.05, 0) is 30.7 Å². The molecule has 32 heavy (non-hydrogen) atoms. The summed E-state index contributed by atoms with van der Waals surface area (Å²) >= 11 is 1.07. The molecular weight excluding hydrogens is 438 g/mol. The molecule has 0 atom stereocenters. The molecule has 0 unspecified atom stereocenters. The number of hydrogen-bond donors (Lipinski definition) is 1. The Kier molecular flexibility index (Phi) is 6.01. The van der Waals surface area contributed by atoms with E-state index in [1.54, 1.807) is 19.1 Å². The van der Waals surface area contributed by atoms with Crippen LogP contribution in [0.3, 0.4) is 0 Å². The van der Waals surface area contributed by atoms with Crippen LogP contribution >= 0.6 is 11.3 Å². The summed E-state index contributed by atoms with van der Waals surface area (Å²) in [6.45, 7) is 1.68. The fraction of sp³-hybridized carbons (Fsp3) is 0.286. The monoisotopic (exact) mass is 457 g/mol. The summed E-state index contributed by atoms with van der Waals surface area (Å²) in [6, 6.07) is 4.67. The molecule has 1 N–H and O–H groups in total. The third-order valence-corrected chi connectivity index (χ3v) is 6.05. The summed E-state index contributed by atoms with van der Waals surface area (Å²) in [5.41, 5.74) is 0.743. The van der Waals surface area contributed by atoms with Gasteiger partial charge in [0, 0.05) is 12.7 Å². The Hall–Kier alpha value is -3.57. The topological polar surface area (TPSA) is 126 Å². The summed E-state index contributed by atoms with van der Waals surface area (Å²) in [4.78, 5) is 54.6. The third kappa shape index (κ3) is 4.12. The van der Waals surface area contributed by atoms with Crippen LogP contribution in [0.15, 0.2) is 29.3 Å². The lowest BCUT2D eigenvalue weighted by Gasteiger charge is -2.18. The van der Waals surface area contributed by atoms with Crippen molar-refractivity contribution in [2.75, 3.05) is 32.2 Å². The molecule has 0 spiro atoms. The number of nitrogens with one attached hydrogen (secondary N) is 1. The third-order valence-electron chi connectivity index (χ3n) is 4.87. The number of aromatic nitrogens is 2. The molecule has 1 aliphatic heterocycles. The Balaban J connectivity index is 1.59. The number of nitrogens with zero attached hydrogens (tertiary/aromatic N) is 2. The number of thiophene rings is 1. The molecule has 0 saturated heterocycles. The largest absolute Gasteiger partial charge is 0.482 e. The number of hydrogen-bond acceptors (Lipinski definition) is 9. The summed E-state index contributed by atoms with van der Waals surface area (Å²) in [5, 5.41) is 2.92. The van der Waals surface area contributed by atoms with E-state index in [1.807, 2.05) is 0 Å². The van der Waals surface area contributed by atoms with Crippen molar-refractivity contribution in [3.05, 3.63) is 50.9 Å². The second kappa shape index (κ2) is 8.89. The zero-order valence-corrected chi connectivity index (χ0v) is 18.1. The second-order valence-electron chi connectivity index (χ2n) is 7.01. The average molecular weight is 457 g/mol. The van der Waals surface area contributed by atoms with E-state index in [0.29, 0.717) is 27.4 Å². The van der Waals surface area contributed by atoms with E-state index in [4.69, 9.17) is 14.2 Å². The van der Waals surface area contributed by atoms with Crippen molar-refractivity contribution in [2.24, 2.45) is 0 Å².